The summed E-state index contributed by atoms with van der Waals surface area (Å²) in [5.41, 5.74) is 10.0. The van der Waals surface area contributed by atoms with Crippen LogP contribution in [0.4, 0.5) is 32.2 Å². The fourth-order valence-corrected chi connectivity index (χ4v) is 2.36. The average molecular weight is 523 g/mol. The second-order valence-corrected chi connectivity index (χ2v) is 6.52. The first-order chi connectivity index (χ1) is 16.4. The molecule has 0 bridgehead atoms. The van der Waals surface area contributed by atoms with Gasteiger partial charge in [0.1, 0.15) is 5.82 Å². The summed E-state index contributed by atoms with van der Waals surface area (Å²) in [6.45, 7) is 2.61. The van der Waals surface area contributed by atoms with Crippen LogP contribution in [0.15, 0.2) is 73.1 Å². The number of hydrogen-bond acceptors (Lipinski definition) is 5. The van der Waals surface area contributed by atoms with Gasteiger partial charge in [-0.2, -0.15) is 36.7 Å². The number of nitrogens with two attached hydrogens (primary N) is 2. The van der Waals surface area contributed by atoms with Crippen LogP contribution in [0.5, 0.6) is 0 Å². The molecule has 36 heavy (non-hydrogen) atoms. The van der Waals surface area contributed by atoms with Gasteiger partial charge in [0.05, 0.1) is 41.8 Å². The topological polar surface area (TPSA) is 103 Å². The van der Waals surface area contributed by atoms with Crippen LogP contribution in [0.2, 0.25) is 0 Å². The summed E-state index contributed by atoms with van der Waals surface area (Å²) in [5.74, 6) is 0.261. The Morgan fingerprint density at radius 3 is 2.08 bits per heavy atom. The van der Waals surface area contributed by atoms with Gasteiger partial charge >= 0.3 is 41.9 Å². The minimum atomic E-state index is -4.35. The summed E-state index contributed by atoms with van der Waals surface area (Å²) in [6.07, 6.45) is -4.45. The fraction of sp³-hybridized carbons (Fsp3) is 0.217. The molecule has 0 fully saturated rings. The number of allylic oxidation sites excluding steroid dienone is 1. The molecule has 0 aliphatic carbocycles. The van der Waals surface area contributed by atoms with E-state index in [1.54, 1.807) is 12.1 Å². The first-order valence-electron chi connectivity index (χ1n) is 9.93. The van der Waals surface area contributed by atoms with Crippen molar-refractivity contribution in [3.8, 4) is 11.8 Å². The second-order valence-electron chi connectivity index (χ2n) is 6.52. The molecule has 0 saturated carbocycles. The van der Waals surface area contributed by atoms with E-state index in [4.69, 9.17) is 16.7 Å². The van der Waals surface area contributed by atoms with Crippen LogP contribution in [0.1, 0.15) is 25.0 Å². The van der Waals surface area contributed by atoms with Crippen LogP contribution in [0.3, 0.4) is 0 Å². The van der Waals surface area contributed by atoms with Crippen molar-refractivity contribution >= 4 is 5.82 Å². The predicted molar refractivity (Wildman–Crippen MR) is 120 cm³/mol. The van der Waals surface area contributed by atoms with Gasteiger partial charge in [-0.05, 0) is 36.8 Å². The second kappa shape index (κ2) is 15.9. The van der Waals surface area contributed by atoms with Crippen LogP contribution in [0.25, 0.3) is 5.69 Å². The molecule has 190 valence electrons. The molecule has 3 rings (SSSR count). The number of ether oxygens (including phenoxy) is 1. The van der Waals surface area contributed by atoms with Crippen molar-refractivity contribution in [1.29, 1.82) is 5.26 Å². The molecule has 6 nitrogen and oxygen atoms in total. The van der Waals surface area contributed by atoms with E-state index in [1.165, 1.54) is 47.5 Å². The first-order valence-corrected chi connectivity index (χ1v) is 9.93. The van der Waals surface area contributed by atoms with Crippen LogP contribution in [-0.4, -0.2) is 16.4 Å². The molecule has 0 aliphatic rings. The van der Waals surface area contributed by atoms with E-state index in [2.05, 4.69) is 9.84 Å². The molecule has 0 spiro atoms. The molecule has 13 heteroatoms. The van der Waals surface area contributed by atoms with Gasteiger partial charge < -0.3 is 17.6 Å². The molecule has 4 N–H and O–H groups in total. The summed E-state index contributed by atoms with van der Waals surface area (Å²) >= 11 is 0. The molecular weight excluding hydrogens is 499 g/mol. The largest absolute Gasteiger partial charge is 1.00 e. The maximum Gasteiger partial charge on any atom is 1.00 e. The average Bonchev–Trinajstić information content (AvgIpc) is 3.26. The van der Waals surface area contributed by atoms with Crippen molar-refractivity contribution < 1.29 is 62.1 Å². The predicted octanol–water partition coefficient (Wildman–Crippen LogP) is 2.81. The summed E-state index contributed by atoms with van der Waals surface area (Å²) in [4.78, 5) is 0. The molecule has 0 radical (unpaired) electrons. The minimum absolute atomic E-state index is 0. The van der Waals surface area contributed by atoms with E-state index in [0.29, 0.717) is 17.9 Å². The Balaban J connectivity index is 0. The van der Waals surface area contributed by atoms with Gasteiger partial charge in [0.2, 0.25) is 0 Å². The maximum atomic E-state index is 12.4. The maximum absolute atomic E-state index is 12.4. The van der Waals surface area contributed by atoms with E-state index in [-0.39, 0.29) is 43.3 Å². The van der Waals surface area contributed by atoms with Gasteiger partial charge in [0.15, 0.2) is 0 Å². The standard InChI is InChI=1S/C10H8F3N3.C8H8F3N.C5H7NO.Na.H/c11-10(12,13)7-2-1-3-8(6-7)16-5-4-9(14)15-16;9-8(10,11)7-3-1-2-6(4-7)5-12;1-2-7-5-3-4-6;;/h1-6H,(H2,14,15);1-4H,5,12H2;3,5H,2H2,1H3;;/q;;;+1;-1/b;;5-3+;;. The minimum Gasteiger partial charge on any atom is -1.00 e. The van der Waals surface area contributed by atoms with E-state index >= 15 is 0 Å². The van der Waals surface area contributed by atoms with Crippen molar-refractivity contribution in [3.63, 3.8) is 0 Å². The summed E-state index contributed by atoms with van der Waals surface area (Å²) in [7, 11) is 0. The molecule has 0 amide bonds. The van der Waals surface area contributed by atoms with Crippen molar-refractivity contribution in [2.24, 2.45) is 5.73 Å². The van der Waals surface area contributed by atoms with Crippen LogP contribution in [-0.2, 0) is 23.6 Å². The number of rotatable bonds is 4. The smallest absolute Gasteiger partial charge is 1.00 e. The zero-order chi connectivity index (χ0) is 26.5. The van der Waals surface area contributed by atoms with Crippen LogP contribution < -0.4 is 41.0 Å². The molecule has 1 heterocycles. The van der Waals surface area contributed by atoms with Gasteiger partial charge in [-0.25, -0.2) is 4.68 Å². The third-order valence-corrected chi connectivity index (χ3v) is 3.94. The van der Waals surface area contributed by atoms with Gasteiger partial charge in [-0.15, -0.1) is 0 Å². The molecular formula is C23H24F6N5NaO. The molecule has 0 atom stereocenters. The van der Waals surface area contributed by atoms with Gasteiger partial charge in [0.25, 0.3) is 0 Å². The number of anilines is 1. The number of hydrogen-bond donors (Lipinski definition) is 2. The van der Waals surface area contributed by atoms with E-state index in [0.717, 1.165) is 24.3 Å². The van der Waals surface area contributed by atoms with Crippen molar-refractivity contribution in [3.05, 3.63) is 89.8 Å². The Morgan fingerprint density at radius 1 is 1.03 bits per heavy atom. The fourth-order valence-electron chi connectivity index (χ4n) is 2.36. The zero-order valence-electron chi connectivity index (χ0n) is 20.5. The normalized spacial score (nSPS) is 10.8. The van der Waals surface area contributed by atoms with Crippen LogP contribution in [0, 0.1) is 11.3 Å². The molecule has 0 unspecified atom stereocenters. The number of alkyl halides is 6. The Hall–Kier alpha value is -2.98. The third-order valence-electron chi connectivity index (χ3n) is 3.94. The van der Waals surface area contributed by atoms with Crippen LogP contribution >= 0.6 is 0 Å². The Kier molecular flexibility index (Phi) is 14.6. The van der Waals surface area contributed by atoms with Gasteiger partial charge in [0, 0.05) is 18.8 Å². The SMILES string of the molecule is CCO/C=C/C#N.NCc1cccc(C(F)(F)F)c1.Nc1ccn(-c2cccc(C(F)(F)F)c2)n1.[H-].[Na+]. The van der Waals surface area contributed by atoms with E-state index < -0.39 is 23.5 Å². The Bertz CT molecular complexity index is 1130. The van der Waals surface area contributed by atoms with Crippen molar-refractivity contribution in [1.82, 2.24) is 9.78 Å². The Morgan fingerprint density at radius 2 is 1.61 bits per heavy atom. The number of halogens is 6. The van der Waals surface area contributed by atoms with E-state index in [1.807, 2.05) is 6.92 Å². The Labute approximate surface area is 227 Å². The summed E-state index contributed by atoms with van der Waals surface area (Å²) in [6, 6.07) is 13.2. The third kappa shape index (κ3) is 12.1. The molecule has 0 aliphatic heterocycles. The summed E-state index contributed by atoms with van der Waals surface area (Å²) in [5, 5.41) is 11.7. The zero-order valence-corrected chi connectivity index (χ0v) is 21.5. The van der Waals surface area contributed by atoms with Gasteiger partial charge in [-0.3, -0.25) is 0 Å². The number of nitrogen functional groups attached to an aromatic ring is 1. The van der Waals surface area contributed by atoms with Crippen molar-refractivity contribution in [2.45, 2.75) is 25.8 Å². The number of nitriles is 1. The number of aromatic nitrogens is 2. The quantitative estimate of drug-likeness (QED) is 0.237. The van der Waals surface area contributed by atoms with Crippen molar-refractivity contribution in [2.75, 3.05) is 12.3 Å². The molecule has 1 aromatic heterocycles. The van der Waals surface area contributed by atoms with Gasteiger partial charge in [-0.1, -0.05) is 24.3 Å². The van der Waals surface area contributed by atoms with E-state index in [9.17, 15) is 26.3 Å². The summed E-state index contributed by atoms with van der Waals surface area (Å²) < 4.78 is 79.5. The molecule has 0 saturated heterocycles. The first kappa shape index (κ1) is 33.0. The number of nitrogens with zero attached hydrogens (tertiary/aromatic N) is 3. The molecule has 3 aromatic rings. The number of benzene rings is 2. The molecule has 2 aromatic carbocycles. The monoisotopic (exact) mass is 523 g/mol.